The molecule has 16 aromatic carbocycles. The van der Waals surface area contributed by atoms with E-state index < -0.39 is 5.41 Å². The van der Waals surface area contributed by atoms with E-state index in [1.165, 1.54) is 128 Å². The first kappa shape index (κ1) is 62.6. The minimum absolute atomic E-state index is 0.116. The van der Waals surface area contributed by atoms with Crippen molar-refractivity contribution < 1.29 is 0 Å². The Bertz CT molecular complexity index is 5400. The van der Waals surface area contributed by atoms with Crippen molar-refractivity contribution >= 4 is 34.1 Å². The zero-order chi connectivity index (χ0) is 68.4. The van der Waals surface area contributed by atoms with Gasteiger partial charge in [-0.15, -0.1) is 0 Å². The number of nitrogens with zero attached hydrogens (tertiary/aromatic N) is 2. The van der Waals surface area contributed by atoms with E-state index in [0.29, 0.717) is 0 Å². The highest BCUT2D eigenvalue weighted by Gasteiger charge is 2.47. The maximum atomic E-state index is 2.45. The maximum Gasteiger partial charge on any atom is 0.0714 e. The summed E-state index contributed by atoms with van der Waals surface area (Å²) >= 11 is 0. The van der Waals surface area contributed by atoms with Gasteiger partial charge in [-0.25, -0.2) is 0 Å². The molecule has 484 valence electrons. The first-order valence-electron chi connectivity index (χ1n) is 35.4. The molecule has 2 heteroatoms. The lowest BCUT2D eigenvalue weighted by molar-refractivity contribution is 0.661. The third kappa shape index (κ3) is 11.5. The summed E-state index contributed by atoms with van der Waals surface area (Å²) in [4.78, 5) is 4.88. The molecule has 0 aromatic heterocycles. The molecule has 0 atom stereocenters. The predicted molar refractivity (Wildman–Crippen MR) is 430 cm³/mol. The average Bonchev–Trinajstić information content (AvgIpc) is 1.51. The van der Waals surface area contributed by atoms with Crippen molar-refractivity contribution in [3.05, 3.63) is 446 Å². The molecule has 0 unspecified atom stereocenters. The topological polar surface area (TPSA) is 6.48 Å². The smallest absolute Gasteiger partial charge is 0.0714 e. The van der Waals surface area contributed by atoms with Gasteiger partial charge in [-0.05, 0) is 196 Å². The molecular formula is C100H74N2. The molecule has 0 saturated carbocycles. The van der Waals surface area contributed by atoms with Gasteiger partial charge in [0.2, 0.25) is 0 Å². The molecule has 0 spiro atoms. The van der Waals surface area contributed by atoms with Gasteiger partial charge in [-0.3, -0.25) is 0 Å². The molecule has 0 amide bonds. The van der Waals surface area contributed by atoms with E-state index in [-0.39, 0.29) is 5.41 Å². The Morgan fingerprint density at radius 1 is 0.196 bits per heavy atom. The van der Waals surface area contributed by atoms with E-state index in [4.69, 9.17) is 0 Å². The van der Waals surface area contributed by atoms with Crippen LogP contribution in [-0.2, 0) is 10.8 Å². The van der Waals surface area contributed by atoms with Gasteiger partial charge in [0, 0.05) is 33.7 Å². The van der Waals surface area contributed by atoms with Crippen molar-refractivity contribution in [2.24, 2.45) is 0 Å². The third-order valence-electron chi connectivity index (χ3n) is 20.8. The van der Waals surface area contributed by atoms with Crippen LogP contribution in [0.4, 0.5) is 34.1 Å². The molecule has 0 N–H and O–H groups in total. The summed E-state index contributed by atoms with van der Waals surface area (Å²) in [6.45, 7) is 4.71. The van der Waals surface area contributed by atoms with Crippen LogP contribution in [-0.4, -0.2) is 0 Å². The summed E-state index contributed by atoms with van der Waals surface area (Å²) in [5.74, 6) is 0. The van der Waals surface area contributed by atoms with Crippen LogP contribution in [0.2, 0.25) is 0 Å². The molecule has 2 aliphatic rings. The number of benzene rings is 16. The second-order valence-corrected chi connectivity index (χ2v) is 27.1. The van der Waals surface area contributed by atoms with E-state index in [1.807, 2.05) is 0 Å². The van der Waals surface area contributed by atoms with Gasteiger partial charge in [0.05, 0.1) is 16.8 Å². The van der Waals surface area contributed by atoms with Crippen LogP contribution >= 0.6 is 0 Å². The van der Waals surface area contributed by atoms with E-state index in [1.54, 1.807) is 0 Å². The fourth-order valence-corrected chi connectivity index (χ4v) is 16.0. The molecular weight excluding hydrogens is 1230 g/mol. The molecule has 0 aliphatic heterocycles. The van der Waals surface area contributed by atoms with Crippen molar-refractivity contribution in [2.45, 2.75) is 24.7 Å². The molecule has 2 nitrogen and oxygen atoms in total. The van der Waals surface area contributed by atoms with E-state index >= 15 is 0 Å². The fraction of sp³-hybridized carbons (Fsp3) is 0.0400. The lowest BCUT2D eigenvalue weighted by Gasteiger charge is -2.34. The number of anilines is 6. The van der Waals surface area contributed by atoms with Crippen LogP contribution in [0.1, 0.15) is 47.2 Å². The molecule has 2 aliphatic carbocycles. The molecule has 16 aromatic rings. The van der Waals surface area contributed by atoms with E-state index in [0.717, 1.165) is 28.4 Å². The van der Waals surface area contributed by atoms with Crippen LogP contribution < -0.4 is 9.80 Å². The lowest BCUT2D eigenvalue weighted by Crippen LogP contribution is -2.28. The van der Waals surface area contributed by atoms with Gasteiger partial charge in [-0.1, -0.05) is 347 Å². The second-order valence-electron chi connectivity index (χ2n) is 27.1. The number of hydrogen-bond acceptors (Lipinski definition) is 2. The van der Waals surface area contributed by atoms with Crippen molar-refractivity contribution in [3.8, 4) is 89.0 Å². The van der Waals surface area contributed by atoms with Crippen LogP contribution in [0.5, 0.6) is 0 Å². The van der Waals surface area contributed by atoms with Crippen molar-refractivity contribution in [1.29, 1.82) is 0 Å². The third-order valence-corrected chi connectivity index (χ3v) is 20.8. The van der Waals surface area contributed by atoms with Gasteiger partial charge in [0.25, 0.3) is 0 Å². The summed E-state index contributed by atoms with van der Waals surface area (Å²) in [6.07, 6.45) is 0. The summed E-state index contributed by atoms with van der Waals surface area (Å²) in [5, 5.41) is 0. The number of rotatable bonds is 14. The maximum absolute atomic E-state index is 2.45. The van der Waals surface area contributed by atoms with E-state index in [2.05, 4.69) is 436 Å². The Kier molecular flexibility index (Phi) is 16.6. The summed E-state index contributed by atoms with van der Waals surface area (Å²) in [5.41, 5.74) is 33.6. The fourth-order valence-electron chi connectivity index (χ4n) is 16.0. The lowest BCUT2D eigenvalue weighted by atomic mass is 9.68. The molecule has 18 rings (SSSR count). The van der Waals surface area contributed by atoms with Gasteiger partial charge in [-0.2, -0.15) is 0 Å². The van der Waals surface area contributed by atoms with Crippen LogP contribution in [0.15, 0.2) is 413 Å². The zero-order valence-electron chi connectivity index (χ0n) is 57.2. The molecule has 0 radical (unpaired) electrons. The predicted octanol–water partition coefficient (Wildman–Crippen LogP) is 27.0. The van der Waals surface area contributed by atoms with Crippen LogP contribution in [0.25, 0.3) is 89.0 Å². The van der Waals surface area contributed by atoms with Crippen molar-refractivity contribution in [1.82, 2.24) is 0 Å². The van der Waals surface area contributed by atoms with E-state index in [9.17, 15) is 0 Å². The minimum Gasteiger partial charge on any atom is -0.310 e. The normalized spacial score (nSPS) is 12.6. The quantitative estimate of drug-likeness (QED) is 0.107. The highest BCUT2D eigenvalue weighted by Crippen LogP contribution is 2.60. The standard InChI is InChI=1S/C61H43N.C39H31N/c1-6-19-44(20-7-1)47-33-37-54(38-34-47)62(55-39-35-48(36-40-55)51-42-49(45-21-8-2-9-22-45)41-50(43-51)46-23-10-3-11-24-46)59-32-18-31-58-60(59)56-29-16-17-30-57(56)61(58,52-25-12-4-13-26-52)53-27-14-5-15-28-53;1-39(2)36-18-10-9-16-34(36)35-17-11-19-37(38(35)39)40(32-24-20-30(21-25-32)28-12-5-3-6-13-28)33-26-22-31(23-27-33)29-14-7-4-8-15-29/h1-43H;3-27H,1-2H3. The molecule has 0 saturated heterocycles. The summed E-state index contributed by atoms with van der Waals surface area (Å²) < 4.78 is 0. The Balaban J connectivity index is 0.000000167. The monoisotopic (exact) mass is 1300 g/mol. The Morgan fingerprint density at radius 2 is 0.471 bits per heavy atom. The first-order chi connectivity index (χ1) is 50.4. The highest BCUT2D eigenvalue weighted by atomic mass is 15.2. The molecule has 0 heterocycles. The molecule has 102 heavy (non-hydrogen) atoms. The zero-order valence-corrected chi connectivity index (χ0v) is 57.2. The Morgan fingerprint density at radius 3 is 0.873 bits per heavy atom. The number of hydrogen-bond donors (Lipinski definition) is 0. The van der Waals surface area contributed by atoms with Crippen molar-refractivity contribution in [2.75, 3.05) is 9.80 Å². The van der Waals surface area contributed by atoms with Gasteiger partial charge in [0.1, 0.15) is 0 Å². The van der Waals surface area contributed by atoms with Gasteiger partial charge >= 0.3 is 0 Å². The Hall–Kier alpha value is -12.9. The molecule has 0 fully saturated rings. The van der Waals surface area contributed by atoms with Crippen LogP contribution in [0.3, 0.4) is 0 Å². The highest BCUT2D eigenvalue weighted by molar-refractivity contribution is 5.98. The second kappa shape index (κ2) is 27.1. The minimum atomic E-state index is -0.503. The Labute approximate surface area is 599 Å². The largest absolute Gasteiger partial charge is 0.310 e. The van der Waals surface area contributed by atoms with Crippen molar-refractivity contribution in [3.63, 3.8) is 0 Å². The first-order valence-corrected chi connectivity index (χ1v) is 35.4. The molecule has 0 bridgehead atoms. The summed E-state index contributed by atoms with van der Waals surface area (Å²) in [7, 11) is 0. The van der Waals surface area contributed by atoms with Crippen LogP contribution in [0, 0.1) is 0 Å². The average molecular weight is 1300 g/mol. The summed E-state index contributed by atoms with van der Waals surface area (Å²) in [6, 6.07) is 150. The van der Waals surface area contributed by atoms with Gasteiger partial charge < -0.3 is 9.80 Å². The SMILES string of the molecule is CC1(C)c2ccccc2-c2cccc(N(c3ccc(-c4ccccc4)cc3)c3ccc(-c4ccccc4)cc3)c21.c1ccc(-c2ccc(N(c3ccc(-c4cc(-c5ccccc5)cc(-c5ccccc5)c4)cc3)c3cccc4c3-c3ccccc3C4(c3ccccc3)c3ccccc3)cc2)cc1. The number of fused-ring (bicyclic) bond motifs is 6. The van der Waals surface area contributed by atoms with Gasteiger partial charge in [0.15, 0.2) is 0 Å².